The van der Waals surface area contributed by atoms with Crippen LogP contribution in [0.1, 0.15) is 13.8 Å². The Morgan fingerprint density at radius 2 is 2.23 bits per heavy atom. The van der Waals surface area contributed by atoms with Gasteiger partial charge < -0.3 is 4.74 Å². The summed E-state index contributed by atoms with van der Waals surface area (Å²) in [4.78, 5) is 10.9. The molecule has 1 aromatic carbocycles. The summed E-state index contributed by atoms with van der Waals surface area (Å²) >= 11 is 3.32. The third-order valence-electron chi connectivity index (χ3n) is 1.68. The molecule has 0 amide bonds. The molecule has 13 heavy (non-hydrogen) atoms. The van der Waals surface area contributed by atoms with Crippen LogP contribution in [0.5, 0.6) is 5.75 Å². The SMILES string of the molecule is CC(=O)C(C)Oc1cccc(Br)c1. The molecule has 0 heterocycles. The lowest BCUT2D eigenvalue weighted by molar-refractivity contribution is -0.122. The van der Waals surface area contributed by atoms with Crippen LogP contribution in [0.3, 0.4) is 0 Å². The van der Waals surface area contributed by atoms with Crippen LogP contribution in [0.25, 0.3) is 0 Å². The summed E-state index contributed by atoms with van der Waals surface area (Å²) in [6, 6.07) is 7.43. The molecule has 0 aliphatic carbocycles. The molecule has 2 nitrogen and oxygen atoms in total. The highest BCUT2D eigenvalue weighted by Gasteiger charge is 2.08. The first-order valence-corrected chi connectivity index (χ1v) is 4.81. The van der Waals surface area contributed by atoms with Crippen molar-refractivity contribution in [2.75, 3.05) is 0 Å². The van der Waals surface area contributed by atoms with Crippen molar-refractivity contribution in [1.29, 1.82) is 0 Å². The molecule has 1 unspecified atom stereocenters. The van der Waals surface area contributed by atoms with Gasteiger partial charge in [0.1, 0.15) is 5.75 Å². The Balaban J connectivity index is 2.69. The van der Waals surface area contributed by atoms with Crippen molar-refractivity contribution >= 4 is 21.7 Å². The summed E-state index contributed by atoms with van der Waals surface area (Å²) in [6.45, 7) is 3.26. The summed E-state index contributed by atoms with van der Waals surface area (Å²) in [5, 5.41) is 0. The smallest absolute Gasteiger partial charge is 0.169 e. The molecular weight excluding hydrogens is 232 g/mol. The monoisotopic (exact) mass is 242 g/mol. The summed E-state index contributed by atoms with van der Waals surface area (Å²) in [6.07, 6.45) is -0.380. The minimum absolute atomic E-state index is 0.0278. The Hall–Kier alpha value is -0.830. The third kappa shape index (κ3) is 3.19. The molecule has 1 atom stereocenters. The zero-order chi connectivity index (χ0) is 9.84. The summed E-state index contributed by atoms with van der Waals surface area (Å²) in [5.74, 6) is 0.733. The number of rotatable bonds is 3. The number of ether oxygens (including phenoxy) is 1. The third-order valence-corrected chi connectivity index (χ3v) is 2.17. The van der Waals surface area contributed by atoms with Gasteiger partial charge in [0, 0.05) is 4.47 Å². The molecule has 0 aromatic heterocycles. The van der Waals surface area contributed by atoms with Crippen LogP contribution < -0.4 is 4.74 Å². The minimum atomic E-state index is -0.380. The van der Waals surface area contributed by atoms with E-state index in [-0.39, 0.29) is 11.9 Å². The van der Waals surface area contributed by atoms with Crippen LogP contribution in [0.2, 0.25) is 0 Å². The number of Topliss-reactive ketones (excluding diaryl/α,β-unsaturated/α-hetero) is 1. The Morgan fingerprint density at radius 3 is 2.77 bits per heavy atom. The first kappa shape index (κ1) is 10.3. The van der Waals surface area contributed by atoms with Gasteiger partial charge in [-0.15, -0.1) is 0 Å². The zero-order valence-corrected chi connectivity index (χ0v) is 9.17. The average Bonchev–Trinajstić information content (AvgIpc) is 2.04. The van der Waals surface area contributed by atoms with Crippen LogP contribution in [0, 0.1) is 0 Å². The van der Waals surface area contributed by atoms with E-state index in [9.17, 15) is 4.79 Å². The molecule has 1 aromatic rings. The van der Waals surface area contributed by atoms with Gasteiger partial charge in [0.05, 0.1) is 0 Å². The fraction of sp³-hybridized carbons (Fsp3) is 0.300. The summed E-state index contributed by atoms with van der Waals surface area (Å²) < 4.78 is 6.32. The zero-order valence-electron chi connectivity index (χ0n) is 7.58. The molecule has 0 bridgehead atoms. The van der Waals surface area contributed by atoms with Crippen LogP contribution in [-0.4, -0.2) is 11.9 Å². The molecule has 70 valence electrons. The normalized spacial score (nSPS) is 12.2. The van der Waals surface area contributed by atoms with Gasteiger partial charge in [-0.25, -0.2) is 0 Å². The van der Waals surface area contributed by atoms with E-state index < -0.39 is 0 Å². The second-order valence-corrected chi connectivity index (χ2v) is 3.74. The number of carbonyl (C=O) groups excluding carboxylic acids is 1. The number of hydrogen-bond acceptors (Lipinski definition) is 2. The van der Waals surface area contributed by atoms with Crippen molar-refractivity contribution in [2.45, 2.75) is 20.0 Å². The van der Waals surface area contributed by atoms with Gasteiger partial charge in [-0.2, -0.15) is 0 Å². The summed E-state index contributed by atoms with van der Waals surface area (Å²) in [5.41, 5.74) is 0. The topological polar surface area (TPSA) is 26.3 Å². The van der Waals surface area contributed by atoms with Crippen LogP contribution in [-0.2, 0) is 4.79 Å². The molecule has 0 saturated heterocycles. The lowest BCUT2D eigenvalue weighted by Crippen LogP contribution is -2.20. The van der Waals surface area contributed by atoms with E-state index in [2.05, 4.69) is 15.9 Å². The molecule has 3 heteroatoms. The molecule has 0 aliphatic rings. The maximum absolute atomic E-state index is 10.9. The summed E-state index contributed by atoms with van der Waals surface area (Å²) in [7, 11) is 0. The van der Waals surface area contributed by atoms with Crippen molar-refractivity contribution in [3.63, 3.8) is 0 Å². The lowest BCUT2D eigenvalue weighted by Gasteiger charge is -2.11. The van der Waals surface area contributed by atoms with Gasteiger partial charge in [0.2, 0.25) is 0 Å². The van der Waals surface area contributed by atoms with Crippen LogP contribution in [0.4, 0.5) is 0 Å². The second-order valence-electron chi connectivity index (χ2n) is 2.83. The molecule has 0 aliphatic heterocycles. The van der Waals surface area contributed by atoms with Gasteiger partial charge in [0.15, 0.2) is 11.9 Å². The highest BCUT2D eigenvalue weighted by atomic mass is 79.9. The van der Waals surface area contributed by atoms with Crippen LogP contribution >= 0.6 is 15.9 Å². The Bertz CT molecular complexity index is 310. The highest BCUT2D eigenvalue weighted by Crippen LogP contribution is 2.18. The standard InChI is InChI=1S/C10H11BrO2/c1-7(12)8(2)13-10-5-3-4-9(11)6-10/h3-6,8H,1-2H3. The van der Waals surface area contributed by atoms with Crippen molar-refractivity contribution in [3.05, 3.63) is 28.7 Å². The van der Waals surface area contributed by atoms with Gasteiger partial charge >= 0.3 is 0 Å². The molecular formula is C10H11BrO2. The van der Waals surface area contributed by atoms with Crippen molar-refractivity contribution in [2.24, 2.45) is 0 Å². The second kappa shape index (κ2) is 4.42. The highest BCUT2D eigenvalue weighted by molar-refractivity contribution is 9.10. The quantitative estimate of drug-likeness (QED) is 0.815. The van der Waals surface area contributed by atoms with Crippen molar-refractivity contribution in [1.82, 2.24) is 0 Å². The average molecular weight is 243 g/mol. The number of halogens is 1. The van der Waals surface area contributed by atoms with E-state index in [0.29, 0.717) is 5.75 Å². The largest absolute Gasteiger partial charge is 0.483 e. The predicted molar refractivity (Wildman–Crippen MR) is 54.9 cm³/mol. The Labute approximate surface area is 86.0 Å². The molecule has 0 saturated carbocycles. The van der Waals surface area contributed by atoms with E-state index in [4.69, 9.17) is 4.74 Å². The van der Waals surface area contributed by atoms with Gasteiger partial charge in [0.25, 0.3) is 0 Å². The van der Waals surface area contributed by atoms with E-state index in [0.717, 1.165) is 4.47 Å². The lowest BCUT2D eigenvalue weighted by atomic mass is 10.3. The van der Waals surface area contributed by atoms with Gasteiger partial charge in [-0.05, 0) is 32.0 Å². The van der Waals surface area contributed by atoms with Gasteiger partial charge in [-0.1, -0.05) is 22.0 Å². The number of carbonyl (C=O) groups is 1. The molecule has 0 spiro atoms. The maximum atomic E-state index is 10.9. The fourth-order valence-electron chi connectivity index (χ4n) is 0.827. The van der Waals surface area contributed by atoms with E-state index in [1.165, 1.54) is 6.92 Å². The molecule has 0 N–H and O–H groups in total. The number of hydrogen-bond donors (Lipinski definition) is 0. The Kier molecular flexibility index (Phi) is 3.48. The first-order chi connectivity index (χ1) is 6.09. The van der Waals surface area contributed by atoms with E-state index >= 15 is 0 Å². The number of benzene rings is 1. The van der Waals surface area contributed by atoms with Gasteiger partial charge in [-0.3, -0.25) is 4.79 Å². The maximum Gasteiger partial charge on any atom is 0.169 e. The van der Waals surface area contributed by atoms with Crippen LogP contribution in [0.15, 0.2) is 28.7 Å². The van der Waals surface area contributed by atoms with Crippen molar-refractivity contribution in [3.8, 4) is 5.75 Å². The first-order valence-electron chi connectivity index (χ1n) is 4.02. The minimum Gasteiger partial charge on any atom is -0.483 e. The van der Waals surface area contributed by atoms with E-state index in [1.807, 2.05) is 24.3 Å². The van der Waals surface area contributed by atoms with Crippen molar-refractivity contribution < 1.29 is 9.53 Å². The van der Waals surface area contributed by atoms with E-state index in [1.54, 1.807) is 6.92 Å². The predicted octanol–water partition coefficient (Wildman–Crippen LogP) is 2.81. The molecule has 0 fully saturated rings. The fourth-order valence-corrected chi connectivity index (χ4v) is 1.21. The molecule has 1 rings (SSSR count). The Morgan fingerprint density at radius 1 is 1.54 bits per heavy atom. The molecule has 0 radical (unpaired) electrons. The number of ketones is 1.